The molecule has 3 heteroatoms. The van der Waals surface area contributed by atoms with E-state index in [1.165, 1.54) is 31.5 Å². The third-order valence-electron chi connectivity index (χ3n) is 3.26. The predicted octanol–water partition coefficient (Wildman–Crippen LogP) is 2.52. The van der Waals surface area contributed by atoms with Gasteiger partial charge in [-0.2, -0.15) is 0 Å². The minimum atomic E-state index is 0.646. The highest BCUT2D eigenvalue weighted by Gasteiger charge is 2.15. The van der Waals surface area contributed by atoms with Crippen LogP contribution in [0.4, 0.5) is 0 Å². The number of likely N-dealkylation sites (tertiary alicyclic amines) is 1. The number of nitrogens with zero attached hydrogens (tertiary/aromatic N) is 1. The normalized spacial score (nSPS) is 18.9. The molecular formula is C13H19ClN2. The van der Waals surface area contributed by atoms with Gasteiger partial charge >= 0.3 is 0 Å². The van der Waals surface area contributed by atoms with Gasteiger partial charge in [0, 0.05) is 17.6 Å². The maximum atomic E-state index is 6.12. The molecule has 1 fully saturated rings. The van der Waals surface area contributed by atoms with Crippen LogP contribution in [0.2, 0.25) is 5.02 Å². The van der Waals surface area contributed by atoms with Crippen LogP contribution < -0.4 is 5.32 Å². The molecule has 2 nitrogen and oxygen atoms in total. The van der Waals surface area contributed by atoms with Crippen molar-refractivity contribution in [1.29, 1.82) is 0 Å². The van der Waals surface area contributed by atoms with Crippen molar-refractivity contribution in [1.82, 2.24) is 10.2 Å². The minimum absolute atomic E-state index is 0.646. The first-order valence-electron chi connectivity index (χ1n) is 5.91. The van der Waals surface area contributed by atoms with E-state index < -0.39 is 0 Å². The Balaban J connectivity index is 1.81. The Kier molecular flexibility index (Phi) is 4.22. The Labute approximate surface area is 103 Å². The molecule has 0 amide bonds. The van der Waals surface area contributed by atoms with Gasteiger partial charge in [-0.1, -0.05) is 29.8 Å². The number of hydrogen-bond donors (Lipinski definition) is 1. The van der Waals surface area contributed by atoms with Crippen LogP contribution in [-0.4, -0.2) is 31.1 Å². The standard InChI is InChI=1S/C13H19ClN2/c1-16-8-6-12(7-9-16)15-10-11-4-2-3-5-13(11)14/h2-5,12,15H,6-10H2,1H3. The highest BCUT2D eigenvalue weighted by Crippen LogP contribution is 2.16. The van der Waals surface area contributed by atoms with E-state index in [4.69, 9.17) is 11.6 Å². The Morgan fingerprint density at radius 3 is 2.69 bits per heavy atom. The number of halogens is 1. The van der Waals surface area contributed by atoms with Crippen molar-refractivity contribution >= 4 is 11.6 Å². The summed E-state index contributed by atoms with van der Waals surface area (Å²) in [5, 5.41) is 4.45. The van der Waals surface area contributed by atoms with Gasteiger partial charge in [-0.3, -0.25) is 0 Å². The van der Waals surface area contributed by atoms with E-state index in [0.717, 1.165) is 11.6 Å². The summed E-state index contributed by atoms with van der Waals surface area (Å²) in [4.78, 5) is 2.38. The third-order valence-corrected chi connectivity index (χ3v) is 3.63. The molecule has 0 unspecified atom stereocenters. The molecule has 16 heavy (non-hydrogen) atoms. The van der Waals surface area contributed by atoms with Crippen LogP contribution >= 0.6 is 11.6 Å². The molecule has 0 aliphatic carbocycles. The SMILES string of the molecule is CN1CCC(NCc2ccccc2Cl)CC1. The highest BCUT2D eigenvalue weighted by atomic mass is 35.5. The minimum Gasteiger partial charge on any atom is -0.310 e. The van der Waals surface area contributed by atoms with Crippen LogP contribution in [-0.2, 0) is 6.54 Å². The molecule has 1 saturated heterocycles. The largest absolute Gasteiger partial charge is 0.310 e. The lowest BCUT2D eigenvalue weighted by atomic mass is 10.1. The summed E-state index contributed by atoms with van der Waals surface area (Å²) in [6.07, 6.45) is 2.47. The maximum absolute atomic E-state index is 6.12. The van der Waals surface area contributed by atoms with Crippen LogP contribution in [0.5, 0.6) is 0 Å². The number of hydrogen-bond acceptors (Lipinski definition) is 2. The van der Waals surface area contributed by atoms with Gasteiger partial charge in [0.25, 0.3) is 0 Å². The van der Waals surface area contributed by atoms with E-state index in [2.05, 4.69) is 23.3 Å². The van der Waals surface area contributed by atoms with Crippen LogP contribution in [0.1, 0.15) is 18.4 Å². The molecule has 0 radical (unpaired) electrons. The summed E-state index contributed by atoms with van der Waals surface area (Å²) in [5.41, 5.74) is 1.20. The second-order valence-electron chi connectivity index (χ2n) is 4.55. The Hall–Kier alpha value is -0.570. The van der Waals surface area contributed by atoms with Gasteiger partial charge in [-0.15, -0.1) is 0 Å². The second-order valence-corrected chi connectivity index (χ2v) is 4.96. The lowest BCUT2D eigenvalue weighted by molar-refractivity contribution is 0.234. The lowest BCUT2D eigenvalue weighted by Gasteiger charge is -2.29. The molecule has 88 valence electrons. The summed E-state index contributed by atoms with van der Waals surface area (Å²) >= 11 is 6.12. The molecule has 1 aromatic rings. The molecule has 2 rings (SSSR count). The Morgan fingerprint density at radius 1 is 1.31 bits per heavy atom. The zero-order valence-corrected chi connectivity index (χ0v) is 10.5. The second kappa shape index (κ2) is 5.67. The van der Waals surface area contributed by atoms with Crippen molar-refractivity contribution in [2.24, 2.45) is 0 Å². The van der Waals surface area contributed by atoms with Crippen molar-refractivity contribution in [2.45, 2.75) is 25.4 Å². The van der Waals surface area contributed by atoms with E-state index in [1.807, 2.05) is 18.2 Å². The van der Waals surface area contributed by atoms with Crippen LogP contribution in [0.15, 0.2) is 24.3 Å². The summed E-state index contributed by atoms with van der Waals surface area (Å²) in [6.45, 7) is 3.27. The molecule has 1 heterocycles. The molecule has 0 saturated carbocycles. The third kappa shape index (κ3) is 3.21. The van der Waals surface area contributed by atoms with Gasteiger partial charge in [-0.25, -0.2) is 0 Å². The summed E-state index contributed by atoms with van der Waals surface area (Å²) in [7, 11) is 2.18. The van der Waals surface area contributed by atoms with E-state index in [1.54, 1.807) is 0 Å². The first-order chi connectivity index (χ1) is 7.75. The summed E-state index contributed by atoms with van der Waals surface area (Å²) < 4.78 is 0. The zero-order chi connectivity index (χ0) is 11.4. The monoisotopic (exact) mass is 238 g/mol. The number of rotatable bonds is 3. The van der Waals surface area contributed by atoms with Crippen molar-refractivity contribution < 1.29 is 0 Å². The molecule has 0 spiro atoms. The van der Waals surface area contributed by atoms with Crippen LogP contribution in [0, 0.1) is 0 Å². The first-order valence-corrected chi connectivity index (χ1v) is 6.29. The van der Waals surface area contributed by atoms with Gasteiger partial charge < -0.3 is 10.2 Å². The van der Waals surface area contributed by atoms with E-state index in [-0.39, 0.29) is 0 Å². The van der Waals surface area contributed by atoms with Gasteiger partial charge in [0.1, 0.15) is 0 Å². The van der Waals surface area contributed by atoms with Crippen molar-refractivity contribution in [3.05, 3.63) is 34.9 Å². The van der Waals surface area contributed by atoms with E-state index in [0.29, 0.717) is 6.04 Å². The van der Waals surface area contributed by atoms with E-state index in [9.17, 15) is 0 Å². The summed E-state index contributed by atoms with van der Waals surface area (Å²) in [5.74, 6) is 0. The van der Waals surface area contributed by atoms with Crippen LogP contribution in [0.25, 0.3) is 0 Å². The molecular weight excluding hydrogens is 220 g/mol. The topological polar surface area (TPSA) is 15.3 Å². The van der Waals surface area contributed by atoms with Gasteiger partial charge in [-0.05, 0) is 44.6 Å². The molecule has 0 aromatic heterocycles. The van der Waals surface area contributed by atoms with Crippen molar-refractivity contribution in [2.75, 3.05) is 20.1 Å². The fourth-order valence-electron chi connectivity index (χ4n) is 2.11. The average Bonchev–Trinajstić information content (AvgIpc) is 2.30. The fraction of sp³-hybridized carbons (Fsp3) is 0.538. The number of benzene rings is 1. The van der Waals surface area contributed by atoms with Crippen LogP contribution in [0.3, 0.4) is 0 Å². The first kappa shape index (κ1) is 11.9. The number of piperidine rings is 1. The lowest BCUT2D eigenvalue weighted by Crippen LogP contribution is -2.40. The predicted molar refractivity (Wildman–Crippen MR) is 68.8 cm³/mol. The number of nitrogens with one attached hydrogen (secondary N) is 1. The average molecular weight is 239 g/mol. The van der Waals surface area contributed by atoms with Gasteiger partial charge in [0.05, 0.1) is 0 Å². The molecule has 1 N–H and O–H groups in total. The molecule has 1 aliphatic rings. The summed E-state index contributed by atoms with van der Waals surface area (Å²) in [6, 6.07) is 8.70. The zero-order valence-electron chi connectivity index (χ0n) is 9.75. The van der Waals surface area contributed by atoms with Gasteiger partial charge in [0.15, 0.2) is 0 Å². The fourth-order valence-corrected chi connectivity index (χ4v) is 2.31. The Morgan fingerprint density at radius 2 is 2.00 bits per heavy atom. The van der Waals surface area contributed by atoms with Gasteiger partial charge in [0.2, 0.25) is 0 Å². The quantitative estimate of drug-likeness (QED) is 0.871. The highest BCUT2D eigenvalue weighted by molar-refractivity contribution is 6.31. The van der Waals surface area contributed by atoms with E-state index >= 15 is 0 Å². The van der Waals surface area contributed by atoms with Crippen molar-refractivity contribution in [3.63, 3.8) is 0 Å². The maximum Gasteiger partial charge on any atom is 0.0450 e. The molecule has 0 atom stereocenters. The Bertz CT molecular complexity index is 332. The van der Waals surface area contributed by atoms with Crippen molar-refractivity contribution in [3.8, 4) is 0 Å². The molecule has 1 aliphatic heterocycles. The molecule has 1 aromatic carbocycles. The molecule has 0 bridgehead atoms. The smallest absolute Gasteiger partial charge is 0.0450 e.